The van der Waals surface area contributed by atoms with Crippen LogP contribution in [0.5, 0.6) is 0 Å². The Hall–Kier alpha value is -2.98. The number of hydrogen-bond acceptors (Lipinski definition) is 2. The number of hydrogen-bond donors (Lipinski definition) is 0. The van der Waals surface area contributed by atoms with E-state index in [2.05, 4.69) is 29.2 Å². The van der Waals surface area contributed by atoms with E-state index in [1.807, 2.05) is 35.2 Å². The molecular weight excluding hydrogens is 363 g/mol. The van der Waals surface area contributed by atoms with E-state index >= 15 is 0 Å². The van der Waals surface area contributed by atoms with Crippen LogP contribution in [0.3, 0.4) is 0 Å². The van der Waals surface area contributed by atoms with Crippen molar-refractivity contribution in [3.8, 4) is 0 Å². The van der Waals surface area contributed by atoms with Crippen LogP contribution in [-0.2, 0) is 24.3 Å². The van der Waals surface area contributed by atoms with E-state index in [-0.39, 0.29) is 17.8 Å². The number of amides is 1. The molecule has 1 atom stereocenters. The maximum Gasteiger partial charge on any atom is 0.237 e. The van der Waals surface area contributed by atoms with Crippen molar-refractivity contribution >= 4 is 5.91 Å². The van der Waals surface area contributed by atoms with Crippen molar-refractivity contribution in [1.29, 1.82) is 0 Å². The van der Waals surface area contributed by atoms with Crippen LogP contribution in [-0.4, -0.2) is 28.8 Å². The van der Waals surface area contributed by atoms with Crippen LogP contribution in [0.1, 0.15) is 33.9 Å². The molecule has 3 nitrogen and oxygen atoms in total. The Kier molecular flexibility index (Phi) is 4.64. The van der Waals surface area contributed by atoms with Gasteiger partial charge in [0, 0.05) is 19.6 Å². The first-order valence-electron chi connectivity index (χ1n) is 10.1. The Bertz CT molecular complexity index is 1040. The minimum absolute atomic E-state index is 0.0987. The monoisotopic (exact) mass is 386 g/mol. The van der Waals surface area contributed by atoms with Gasteiger partial charge >= 0.3 is 0 Å². The largest absolute Gasteiger partial charge is 0.330 e. The molecule has 0 N–H and O–H groups in total. The summed E-state index contributed by atoms with van der Waals surface area (Å²) in [5.41, 5.74) is 5.76. The molecule has 0 aliphatic carbocycles. The van der Waals surface area contributed by atoms with Crippen molar-refractivity contribution in [3.05, 3.63) is 106 Å². The number of carbonyl (C=O) groups is 1. The molecule has 0 saturated heterocycles. The number of halogens is 1. The molecule has 0 bridgehead atoms. The standard InChI is InChI=1S/C25H23FN2O/c26-22-10-5-9-19(14-22)25-23-11-4-3-6-18(23)12-13-28(25)24(29)17-27-15-20-7-1-2-8-21(20)16-27/h1-11,14,25H,12-13,15-17H2. The summed E-state index contributed by atoms with van der Waals surface area (Å²) in [6.07, 6.45) is 0.827. The number of nitrogens with zero attached hydrogens (tertiary/aromatic N) is 2. The molecular formula is C25H23FN2O. The quantitative estimate of drug-likeness (QED) is 0.670. The predicted octanol–water partition coefficient (Wildman–Crippen LogP) is 4.32. The fraction of sp³-hybridized carbons (Fsp3) is 0.240. The molecule has 2 aliphatic heterocycles. The Balaban J connectivity index is 1.43. The normalized spacial score (nSPS) is 18.4. The number of fused-ring (bicyclic) bond motifs is 2. The minimum atomic E-state index is -0.270. The van der Waals surface area contributed by atoms with Crippen molar-refractivity contribution in [2.75, 3.05) is 13.1 Å². The summed E-state index contributed by atoms with van der Waals surface area (Å²) >= 11 is 0. The molecule has 2 heterocycles. The molecule has 0 aromatic heterocycles. The predicted molar refractivity (Wildman–Crippen MR) is 111 cm³/mol. The summed E-state index contributed by atoms with van der Waals surface area (Å²) in [7, 11) is 0. The van der Waals surface area contributed by atoms with E-state index in [0.717, 1.165) is 30.6 Å². The van der Waals surface area contributed by atoms with Gasteiger partial charge in [-0.3, -0.25) is 9.69 Å². The molecule has 0 radical (unpaired) electrons. The highest BCUT2D eigenvalue weighted by Crippen LogP contribution is 2.35. The van der Waals surface area contributed by atoms with E-state index in [9.17, 15) is 9.18 Å². The van der Waals surface area contributed by atoms with Crippen LogP contribution in [0.4, 0.5) is 4.39 Å². The van der Waals surface area contributed by atoms with E-state index in [4.69, 9.17) is 0 Å². The molecule has 1 amide bonds. The zero-order chi connectivity index (χ0) is 19.8. The van der Waals surface area contributed by atoms with Gasteiger partial charge in [0.1, 0.15) is 5.82 Å². The first-order valence-corrected chi connectivity index (χ1v) is 10.1. The minimum Gasteiger partial charge on any atom is -0.330 e. The van der Waals surface area contributed by atoms with Gasteiger partial charge in [-0.2, -0.15) is 0 Å². The Morgan fingerprint density at radius 2 is 1.59 bits per heavy atom. The Morgan fingerprint density at radius 3 is 2.31 bits per heavy atom. The molecule has 1 unspecified atom stereocenters. The number of benzene rings is 3. The zero-order valence-corrected chi connectivity index (χ0v) is 16.2. The summed E-state index contributed by atoms with van der Waals surface area (Å²) in [6.45, 7) is 2.63. The second-order valence-electron chi connectivity index (χ2n) is 7.91. The van der Waals surface area contributed by atoms with E-state index in [1.54, 1.807) is 12.1 Å². The van der Waals surface area contributed by atoms with Gasteiger partial charge in [0.15, 0.2) is 0 Å². The molecule has 29 heavy (non-hydrogen) atoms. The van der Waals surface area contributed by atoms with E-state index < -0.39 is 0 Å². The molecule has 0 saturated carbocycles. The second-order valence-corrected chi connectivity index (χ2v) is 7.91. The highest BCUT2D eigenvalue weighted by molar-refractivity contribution is 5.80. The van der Waals surface area contributed by atoms with Gasteiger partial charge in [-0.25, -0.2) is 4.39 Å². The molecule has 146 valence electrons. The van der Waals surface area contributed by atoms with Crippen molar-refractivity contribution in [3.63, 3.8) is 0 Å². The lowest BCUT2D eigenvalue weighted by Crippen LogP contribution is -2.44. The van der Waals surface area contributed by atoms with Crippen LogP contribution >= 0.6 is 0 Å². The van der Waals surface area contributed by atoms with Crippen molar-refractivity contribution in [2.45, 2.75) is 25.6 Å². The topological polar surface area (TPSA) is 23.6 Å². The second kappa shape index (κ2) is 7.45. The Labute approximate surface area is 170 Å². The lowest BCUT2D eigenvalue weighted by Gasteiger charge is -2.38. The van der Waals surface area contributed by atoms with Gasteiger partial charge in [0.25, 0.3) is 0 Å². The highest BCUT2D eigenvalue weighted by Gasteiger charge is 2.33. The fourth-order valence-electron chi connectivity index (χ4n) is 4.67. The number of rotatable bonds is 3. The molecule has 5 rings (SSSR count). The van der Waals surface area contributed by atoms with Gasteiger partial charge in [0.05, 0.1) is 12.6 Å². The van der Waals surface area contributed by atoms with Crippen molar-refractivity contribution in [2.24, 2.45) is 0 Å². The SMILES string of the molecule is O=C(CN1Cc2ccccc2C1)N1CCc2ccccc2C1c1cccc(F)c1. The van der Waals surface area contributed by atoms with Gasteiger partial charge in [-0.05, 0) is 46.4 Å². The summed E-state index contributed by atoms with van der Waals surface area (Å²) in [5, 5.41) is 0. The fourth-order valence-corrected chi connectivity index (χ4v) is 4.67. The third kappa shape index (κ3) is 3.45. The molecule has 3 aromatic rings. The Morgan fingerprint density at radius 1 is 0.897 bits per heavy atom. The van der Waals surface area contributed by atoms with Gasteiger partial charge in [0.2, 0.25) is 5.91 Å². The van der Waals surface area contributed by atoms with Gasteiger partial charge in [-0.15, -0.1) is 0 Å². The lowest BCUT2D eigenvalue weighted by molar-refractivity contribution is -0.134. The average molecular weight is 386 g/mol. The van der Waals surface area contributed by atoms with Crippen LogP contribution in [0.15, 0.2) is 72.8 Å². The molecule has 4 heteroatoms. The van der Waals surface area contributed by atoms with Crippen LogP contribution in [0, 0.1) is 5.82 Å². The molecule has 0 fully saturated rings. The summed E-state index contributed by atoms with van der Waals surface area (Å²) in [6, 6.07) is 23.0. The first kappa shape index (κ1) is 18.1. The van der Waals surface area contributed by atoms with Gasteiger partial charge in [-0.1, -0.05) is 60.7 Å². The summed E-state index contributed by atoms with van der Waals surface area (Å²) < 4.78 is 14.0. The zero-order valence-electron chi connectivity index (χ0n) is 16.2. The summed E-state index contributed by atoms with van der Waals surface area (Å²) in [5.74, 6) is -0.172. The smallest absolute Gasteiger partial charge is 0.237 e. The lowest BCUT2D eigenvalue weighted by atomic mass is 9.88. The van der Waals surface area contributed by atoms with Crippen LogP contribution < -0.4 is 0 Å². The maximum atomic E-state index is 14.0. The van der Waals surface area contributed by atoms with Crippen LogP contribution in [0.2, 0.25) is 0 Å². The van der Waals surface area contributed by atoms with Crippen molar-refractivity contribution in [1.82, 2.24) is 9.80 Å². The number of carbonyl (C=O) groups excluding carboxylic acids is 1. The van der Waals surface area contributed by atoms with E-state index in [0.29, 0.717) is 13.1 Å². The third-order valence-electron chi connectivity index (χ3n) is 6.03. The van der Waals surface area contributed by atoms with Crippen molar-refractivity contribution < 1.29 is 9.18 Å². The molecule has 3 aromatic carbocycles. The summed E-state index contributed by atoms with van der Waals surface area (Å²) in [4.78, 5) is 17.5. The van der Waals surface area contributed by atoms with Crippen LogP contribution in [0.25, 0.3) is 0 Å². The molecule has 0 spiro atoms. The third-order valence-corrected chi connectivity index (χ3v) is 6.03. The highest BCUT2D eigenvalue weighted by atomic mass is 19.1. The average Bonchev–Trinajstić information content (AvgIpc) is 3.15. The van der Waals surface area contributed by atoms with Gasteiger partial charge < -0.3 is 4.90 Å². The first-order chi connectivity index (χ1) is 14.2. The van der Waals surface area contributed by atoms with E-state index in [1.165, 1.54) is 22.8 Å². The molecule has 2 aliphatic rings. The maximum absolute atomic E-state index is 14.0.